The molecule has 0 saturated heterocycles. The van der Waals surface area contributed by atoms with E-state index >= 15 is 0 Å². The van der Waals surface area contributed by atoms with Crippen molar-refractivity contribution >= 4 is 10.9 Å². The van der Waals surface area contributed by atoms with E-state index in [9.17, 15) is 0 Å². The highest BCUT2D eigenvalue weighted by atomic mass is 16.5. The highest BCUT2D eigenvalue weighted by molar-refractivity contribution is 5.94. The van der Waals surface area contributed by atoms with Gasteiger partial charge in [-0.1, -0.05) is 0 Å². The summed E-state index contributed by atoms with van der Waals surface area (Å²) in [6.45, 7) is 4.17. The minimum atomic E-state index is -0.445. The van der Waals surface area contributed by atoms with Crippen molar-refractivity contribution in [3.8, 4) is 28.5 Å². The Morgan fingerprint density at radius 1 is 0.957 bits per heavy atom. The summed E-state index contributed by atoms with van der Waals surface area (Å²) in [5, 5.41) is 1.13. The lowest BCUT2D eigenvalue weighted by Crippen LogP contribution is -2.28. The second-order valence-electron chi connectivity index (χ2n) is 6.26. The summed E-state index contributed by atoms with van der Waals surface area (Å²) in [7, 11) is 3.35. The van der Waals surface area contributed by atoms with Gasteiger partial charge < -0.3 is 19.2 Å². The molecule has 0 atom stereocenters. The third kappa shape index (κ3) is 1.98. The number of hydrogen-bond donors (Lipinski definition) is 1. The fraction of sp³-hybridized carbons (Fsp3) is 0.263. The molecule has 0 radical (unpaired) electrons. The number of methoxy groups -OCH3 is 2. The summed E-state index contributed by atoms with van der Waals surface area (Å²) in [6, 6.07) is 12.0. The van der Waals surface area contributed by atoms with Crippen molar-refractivity contribution in [1.29, 1.82) is 0 Å². The molecule has 4 rings (SSSR count). The Morgan fingerprint density at radius 3 is 2.39 bits per heavy atom. The van der Waals surface area contributed by atoms with Crippen molar-refractivity contribution in [2.24, 2.45) is 0 Å². The number of aromatic nitrogens is 1. The maximum atomic E-state index is 6.29. The van der Waals surface area contributed by atoms with Gasteiger partial charge in [-0.25, -0.2) is 0 Å². The van der Waals surface area contributed by atoms with E-state index in [0.717, 1.165) is 45.0 Å². The molecule has 2 aromatic carbocycles. The summed E-state index contributed by atoms with van der Waals surface area (Å²) in [5.74, 6) is 2.47. The first-order valence-electron chi connectivity index (χ1n) is 7.61. The fourth-order valence-electron chi connectivity index (χ4n) is 3.37. The van der Waals surface area contributed by atoms with Crippen LogP contribution in [0.15, 0.2) is 36.4 Å². The van der Waals surface area contributed by atoms with Crippen molar-refractivity contribution in [1.82, 2.24) is 4.98 Å². The Kier molecular flexibility index (Phi) is 2.85. The molecule has 0 bridgehead atoms. The van der Waals surface area contributed by atoms with Crippen molar-refractivity contribution in [3.63, 3.8) is 0 Å². The van der Waals surface area contributed by atoms with Crippen LogP contribution in [0.25, 0.3) is 22.2 Å². The molecule has 3 aromatic rings. The SMILES string of the molecule is COc1ccc2c(c1)OC(C)(C)c1c-2[nH]c2ccc(OC)cc12. The minimum absolute atomic E-state index is 0.445. The number of aromatic amines is 1. The van der Waals surface area contributed by atoms with Crippen LogP contribution in [0.4, 0.5) is 0 Å². The topological polar surface area (TPSA) is 43.5 Å². The Labute approximate surface area is 135 Å². The van der Waals surface area contributed by atoms with E-state index in [1.807, 2.05) is 30.3 Å². The average molecular weight is 309 g/mol. The van der Waals surface area contributed by atoms with Gasteiger partial charge in [-0.05, 0) is 44.2 Å². The van der Waals surface area contributed by atoms with Gasteiger partial charge in [0.1, 0.15) is 22.8 Å². The molecule has 0 fully saturated rings. The van der Waals surface area contributed by atoms with E-state index in [2.05, 4.69) is 24.9 Å². The van der Waals surface area contributed by atoms with Gasteiger partial charge in [0.2, 0.25) is 0 Å². The van der Waals surface area contributed by atoms with Crippen molar-refractivity contribution < 1.29 is 14.2 Å². The van der Waals surface area contributed by atoms with Crippen LogP contribution in [0.2, 0.25) is 0 Å². The molecule has 1 N–H and O–H groups in total. The van der Waals surface area contributed by atoms with E-state index in [-0.39, 0.29) is 0 Å². The quantitative estimate of drug-likeness (QED) is 0.759. The zero-order valence-electron chi connectivity index (χ0n) is 13.7. The van der Waals surface area contributed by atoms with Crippen molar-refractivity contribution in [2.75, 3.05) is 14.2 Å². The van der Waals surface area contributed by atoms with Gasteiger partial charge in [-0.2, -0.15) is 0 Å². The molecule has 0 saturated carbocycles. The van der Waals surface area contributed by atoms with Gasteiger partial charge in [0.25, 0.3) is 0 Å². The van der Waals surface area contributed by atoms with Gasteiger partial charge in [-0.3, -0.25) is 0 Å². The molecule has 1 aliphatic heterocycles. The molecule has 118 valence electrons. The number of benzene rings is 2. The molecule has 2 heterocycles. The van der Waals surface area contributed by atoms with Gasteiger partial charge in [0.05, 0.1) is 19.9 Å². The molecule has 4 nitrogen and oxygen atoms in total. The highest BCUT2D eigenvalue weighted by Crippen LogP contribution is 2.49. The zero-order valence-corrected chi connectivity index (χ0v) is 13.7. The third-order valence-corrected chi connectivity index (χ3v) is 4.43. The predicted octanol–water partition coefficient (Wildman–Crippen LogP) is 4.48. The number of ether oxygens (including phenoxy) is 3. The highest BCUT2D eigenvalue weighted by Gasteiger charge is 2.36. The van der Waals surface area contributed by atoms with Crippen LogP contribution in [0, 0.1) is 0 Å². The molecule has 1 aliphatic rings. The van der Waals surface area contributed by atoms with Gasteiger partial charge in [0, 0.05) is 28.1 Å². The number of nitrogens with one attached hydrogen (secondary N) is 1. The number of H-pyrrole nitrogens is 1. The van der Waals surface area contributed by atoms with Gasteiger partial charge in [-0.15, -0.1) is 0 Å². The van der Waals surface area contributed by atoms with Crippen molar-refractivity contribution in [3.05, 3.63) is 42.0 Å². The van der Waals surface area contributed by atoms with Crippen LogP contribution >= 0.6 is 0 Å². The van der Waals surface area contributed by atoms with Crippen LogP contribution in [0.3, 0.4) is 0 Å². The number of rotatable bonds is 2. The van der Waals surface area contributed by atoms with E-state index in [0.29, 0.717) is 0 Å². The maximum absolute atomic E-state index is 6.29. The van der Waals surface area contributed by atoms with Crippen LogP contribution < -0.4 is 14.2 Å². The molecule has 0 amide bonds. The van der Waals surface area contributed by atoms with E-state index < -0.39 is 5.60 Å². The second-order valence-corrected chi connectivity index (χ2v) is 6.26. The molecular formula is C19H19NO3. The summed E-state index contributed by atoms with van der Waals surface area (Å²) in [6.07, 6.45) is 0. The molecule has 0 spiro atoms. The summed E-state index contributed by atoms with van der Waals surface area (Å²) < 4.78 is 17.0. The Morgan fingerprint density at radius 2 is 1.65 bits per heavy atom. The lowest BCUT2D eigenvalue weighted by molar-refractivity contribution is 0.107. The molecule has 1 aromatic heterocycles. The fourth-order valence-corrected chi connectivity index (χ4v) is 3.37. The van der Waals surface area contributed by atoms with Crippen LogP contribution in [-0.4, -0.2) is 19.2 Å². The monoisotopic (exact) mass is 309 g/mol. The smallest absolute Gasteiger partial charge is 0.133 e. The van der Waals surface area contributed by atoms with Crippen LogP contribution in [0.1, 0.15) is 19.4 Å². The summed E-state index contributed by atoms with van der Waals surface area (Å²) in [5.41, 5.74) is 3.94. The first-order valence-corrected chi connectivity index (χ1v) is 7.61. The summed E-state index contributed by atoms with van der Waals surface area (Å²) in [4.78, 5) is 3.54. The van der Waals surface area contributed by atoms with E-state index in [1.165, 1.54) is 0 Å². The Bertz CT molecular complexity index is 908. The summed E-state index contributed by atoms with van der Waals surface area (Å²) >= 11 is 0. The molecule has 0 aliphatic carbocycles. The number of hydrogen-bond acceptors (Lipinski definition) is 3. The maximum Gasteiger partial charge on any atom is 0.133 e. The molecule has 0 unspecified atom stereocenters. The standard InChI is InChI=1S/C19H19NO3/c1-19(2)17-14-9-11(21-3)6-8-15(14)20-18(17)13-7-5-12(22-4)10-16(13)23-19/h5-10,20H,1-4H3. The zero-order chi connectivity index (χ0) is 16.2. The average Bonchev–Trinajstić information content (AvgIpc) is 2.93. The van der Waals surface area contributed by atoms with Crippen LogP contribution in [0.5, 0.6) is 17.2 Å². The van der Waals surface area contributed by atoms with E-state index in [4.69, 9.17) is 14.2 Å². The second kappa shape index (κ2) is 4.69. The minimum Gasteiger partial charge on any atom is -0.497 e. The molecular weight excluding hydrogens is 290 g/mol. The van der Waals surface area contributed by atoms with Crippen molar-refractivity contribution in [2.45, 2.75) is 19.4 Å². The lowest BCUT2D eigenvalue weighted by Gasteiger charge is -2.33. The first-order chi connectivity index (χ1) is 11.0. The molecule has 4 heteroatoms. The largest absolute Gasteiger partial charge is 0.497 e. The normalized spacial score (nSPS) is 14.8. The third-order valence-electron chi connectivity index (χ3n) is 4.43. The Hall–Kier alpha value is -2.62. The molecule has 23 heavy (non-hydrogen) atoms. The predicted molar refractivity (Wildman–Crippen MR) is 90.5 cm³/mol. The van der Waals surface area contributed by atoms with E-state index in [1.54, 1.807) is 14.2 Å². The van der Waals surface area contributed by atoms with Gasteiger partial charge >= 0.3 is 0 Å². The Balaban J connectivity index is 2.03. The number of fused-ring (bicyclic) bond motifs is 5. The van der Waals surface area contributed by atoms with Gasteiger partial charge in [0.15, 0.2) is 0 Å². The lowest BCUT2D eigenvalue weighted by atomic mass is 9.89. The first kappa shape index (κ1) is 14.0. The van der Waals surface area contributed by atoms with Crippen LogP contribution in [-0.2, 0) is 5.60 Å².